The molecule has 0 amide bonds. The van der Waals surface area contributed by atoms with Crippen LogP contribution in [0.2, 0.25) is 0 Å². The fourth-order valence-corrected chi connectivity index (χ4v) is 2.54. The molecule has 0 atom stereocenters. The number of benzene rings is 2. The summed E-state index contributed by atoms with van der Waals surface area (Å²) < 4.78 is 2.10. The van der Waals surface area contributed by atoms with E-state index in [4.69, 9.17) is 0 Å². The Morgan fingerprint density at radius 3 is 2.41 bits per heavy atom. The molecule has 112 valence electrons. The van der Waals surface area contributed by atoms with Gasteiger partial charge in [-0.2, -0.15) is 4.57 Å². The maximum atomic E-state index is 9.34. The molecule has 0 saturated carbocycles. The molecule has 1 heterocycles. The zero-order valence-corrected chi connectivity index (χ0v) is 13.0. The molecule has 0 saturated heterocycles. The van der Waals surface area contributed by atoms with Crippen molar-refractivity contribution in [3.05, 3.63) is 78.0 Å². The molecule has 0 spiro atoms. The molecule has 22 heavy (non-hydrogen) atoms. The number of nitrogens with zero attached hydrogens (tertiary/aromatic N) is 2. The number of halogens is 1. The highest BCUT2D eigenvalue weighted by Crippen LogP contribution is 2.14. The predicted molar refractivity (Wildman–Crippen MR) is 83.6 cm³/mol. The summed E-state index contributed by atoms with van der Waals surface area (Å²) in [6, 6.07) is 20.1. The van der Waals surface area contributed by atoms with E-state index >= 15 is 0 Å². The molecule has 0 bridgehead atoms. The maximum absolute atomic E-state index is 9.34. The maximum Gasteiger partial charge on any atom is 0.213 e. The summed E-state index contributed by atoms with van der Waals surface area (Å²) in [7, 11) is 0. The lowest BCUT2D eigenvalue weighted by molar-refractivity contribution is -0.655. The molecule has 3 nitrogen and oxygen atoms in total. The van der Waals surface area contributed by atoms with Gasteiger partial charge in [0.15, 0.2) is 18.5 Å². The normalized spacial score (nSPS) is 11.2. The minimum absolute atomic E-state index is 0. The first-order chi connectivity index (χ1) is 10.3. The van der Waals surface area contributed by atoms with Crippen molar-refractivity contribution in [2.24, 2.45) is 5.16 Å². The van der Waals surface area contributed by atoms with Gasteiger partial charge >= 0.3 is 0 Å². The van der Waals surface area contributed by atoms with Crippen molar-refractivity contribution < 1.29 is 22.2 Å². The second-order valence-electron chi connectivity index (χ2n) is 5.06. The predicted octanol–water partition coefficient (Wildman–Crippen LogP) is 0.318. The van der Waals surface area contributed by atoms with Gasteiger partial charge in [0.25, 0.3) is 0 Å². The first-order valence-electron chi connectivity index (χ1n) is 6.94. The second kappa shape index (κ2) is 7.05. The number of aromatic nitrogens is 1. The van der Waals surface area contributed by atoms with Crippen LogP contribution >= 0.6 is 0 Å². The molecular weight excluding hydrogens is 296 g/mol. The number of rotatable bonds is 3. The lowest BCUT2D eigenvalue weighted by Crippen LogP contribution is -3.00. The van der Waals surface area contributed by atoms with Crippen LogP contribution in [0.1, 0.15) is 11.1 Å². The summed E-state index contributed by atoms with van der Waals surface area (Å²) in [5.41, 5.74) is 3.95. The Kier molecular flexibility index (Phi) is 5.12. The molecule has 0 fully saturated rings. The number of oxime groups is 1. The molecule has 0 unspecified atom stereocenters. The van der Waals surface area contributed by atoms with Gasteiger partial charge in [0.1, 0.15) is 0 Å². The van der Waals surface area contributed by atoms with Crippen LogP contribution in [-0.2, 0) is 6.54 Å². The fraction of sp³-hybridized carbons (Fsp3) is 0.111. The molecule has 0 aliphatic heterocycles. The first-order valence-corrected chi connectivity index (χ1v) is 6.94. The zero-order valence-electron chi connectivity index (χ0n) is 12.3. The van der Waals surface area contributed by atoms with Gasteiger partial charge in [-0.25, -0.2) is 0 Å². The summed E-state index contributed by atoms with van der Waals surface area (Å²) in [4.78, 5) is 0. The lowest BCUT2D eigenvalue weighted by atomic mass is 10.1. The highest BCUT2D eigenvalue weighted by atomic mass is 35.5. The van der Waals surface area contributed by atoms with Gasteiger partial charge in [-0.1, -0.05) is 47.6 Å². The van der Waals surface area contributed by atoms with Gasteiger partial charge in [0.05, 0.1) is 0 Å². The summed E-state index contributed by atoms with van der Waals surface area (Å²) in [5, 5.41) is 14.0. The number of para-hydroxylation sites is 1. The summed E-state index contributed by atoms with van der Waals surface area (Å²) in [6.45, 7) is 2.63. The number of pyridine rings is 1. The molecule has 0 radical (unpaired) electrons. The monoisotopic (exact) mass is 312 g/mol. The Morgan fingerprint density at radius 1 is 1.00 bits per heavy atom. The molecule has 2 aromatic carbocycles. The van der Waals surface area contributed by atoms with Crippen LogP contribution in [-0.4, -0.2) is 10.9 Å². The number of hydrogen-bond donors (Lipinski definition) is 1. The van der Waals surface area contributed by atoms with Crippen LogP contribution in [0, 0.1) is 6.92 Å². The van der Waals surface area contributed by atoms with E-state index in [9.17, 15) is 5.21 Å². The van der Waals surface area contributed by atoms with E-state index in [2.05, 4.69) is 34.8 Å². The van der Waals surface area contributed by atoms with Crippen molar-refractivity contribution in [2.75, 3.05) is 0 Å². The number of fused-ring (bicyclic) bond motifs is 1. The van der Waals surface area contributed by atoms with Crippen molar-refractivity contribution in [2.45, 2.75) is 13.5 Å². The largest absolute Gasteiger partial charge is 1.00 e. The molecule has 1 aromatic heterocycles. The van der Waals surface area contributed by atoms with Crippen LogP contribution in [0.3, 0.4) is 0 Å². The Hall–Kier alpha value is -2.39. The van der Waals surface area contributed by atoms with Gasteiger partial charge in [-0.05, 0) is 18.6 Å². The molecule has 3 rings (SSSR count). The number of hydrogen-bond acceptors (Lipinski definition) is 2. The van der Waals surface area contributed by atoms with Crippen molar-refractivity contribution in [3.63, 3.8) is 0 Å². The van der Waals surface area contributed by atoms with Crippen molar-refractivity contribution >= 4 is 16.6 Å². The highest BCUT2D eigenvalue weighted by molar-refractivity contribution is 5.99. The lowest BCUT2D eigenvalue weighted by Gasteiger charge is -2.05. The van der Waals surface area contributed by atoms with Gasteiger partial charge in [0, 0.05) is 23.1 Å². The van der Waals surface area contributed by atoms with E-state index in [0.717, 1.165) is 11.1 Å². The molecule has 1 N–H and O–H groups in total. The van der Waals surface area contributed by atoms with E-state index in [0.29, 0.717) is 12.3 Å². The van der Waals surface area contributed by atoms with Crippen molar-refractivity contribution in [1.82, 2.24) is 0 Å². The summed E-state index contributed by atoms with van der Waals surface area (Å²) in [5.74, 6) is 0. The number of aryl methyl sites for hydroxylation is 1. The molecular formula is C18H17ClN2O. The van der Waals surface area contributed by atoms with Crippen molar-refractivity contribution in [3.8, 4) is 0 Å². The summed E-state index contributed by atoms with van der Waals surface area (Å²) >= 11 is 0. The van der Waals surface area contributed by atoms with Gasteiger partial charge in [-0.3, -0.25) is 0 Å². The van der Waals surface area contributed by atoms with Crippen LogP contribution in [0.5, 0.6) is 0 Å². The second-order valence-corrected chi connectivity index (χ2v) is 5.06. The fourth-order valence-electron chi connectivity index (χ4n) is 2.54. The van der Waals surface area contributed by atoms with Gasteiger partial charge in [0.2, 0.25) is 5.52 Å². The van der Waals surface area contributed by atoms with Crippen LogP contribution in [0.15, 0.2) is 72.0 Å². The minimum atomic E-state index is 0. The van der Waals surface area contributed by atoms with Crippen LogP contribution in [0.4, 0.5) is 0 Å². The Morgan fingerprint density at radius 2 is 1.68 bits per heavy atom. The topological polar surface area (TPSA) is 36.5 Å². The highest BCUT2D eigenvalue weighted by Gasteiger charge is 2.15. The third kappa shape index (κ3) is 3.10. The molecule has 0 aliphatic rings. The minimum Gasteiger partial charge on any atom is -1.00 e. The van der Waals surface area contributed by atoms with Crippen LogP contribution < -0.4 is 17.0 Å². The standard InChI is InChI=1S/C18H16N2O.ClH/c1-14-11-12-20(18-10-6-5-9-16(14)18)13-17(19-21)15-7-3-2-4-8-15;/h2-12H,13H2,1H3;1H/b19-17-;. The van der Waals surface area contributed by atoms with Crippen molar-refractivity contribution in [1.29, 1.82) is 0 Å². The quantitative estimate of drug-likeness (QED) is 0.321. The van der Waals surface area contributed by atoms with Crippen LogP contribution in [0.25, 0.3) is 10.9 Å². The Labute approximate surface area is 135 Å². The first kappa shape index (κ1) is 16.0. The van der Waals surface area contributed by atoms with Gasteiger partial charge < -0.3 is 17.6 Å². The van der Waals surface area contributed by atoms with E-state index in [1.807, 2.05) is 48.7 Å². The summed E-state index contributed by atoms with van der Waals surface area (Å²) in [6.07, 6.45) is 2.03. The smallest absolute Gasteiger partial charge is 0.213 e. The SMILES string of the molecule is Cc1cc[n+](C/C(=N/O)c2ccccc2)c2ccccc12.[Cl-]. The zero-order chi connectivity index (χ0) is 14.7. The van der Waals surface area contributed by atoms with E-state index in [1.54, 1.807) is 0 Å². The average Bonchev–Trinajstić information content (AvgIpc) is 2.55. The average molecular weight is 313 g/mol. The Bertz CT molecular complexity index is 801. The molecule has 0 aliphatic carbocycles. The van der Waals surface area contributed by atoms with E-state index < -0.39 is 0 Å². The van der Waals surface area contributed by atoms with E-state index in [-0.39, 0.29) is 12.4 Å². The third-order valence-corrected chi connectivity index (χ3v) is 3.69. The Balaban J connectivity index is 0.00000176. The molecule has 4 heteroatoms. The van der Waals surface area contributed by atoms with Gasteiger partial charge in [-0.15, -0.1) is 0 Å². The third-order valence-electron chi connectivity index (χ3n) is 3.69. The molecule has 3 aromatic rings. The van der Waals surface area contributed by atoms with E-state index in [1.165, 1.54) is 10.9 Å².